The lowest BCUT2D eigenvalue weighted by molar-refractivity contribution is 0.114. The highest BCUT2D eigenvalue weighted by atomic mass is 16.5. The van der Waals surface area contributed by atoms with Gasteiger partial charge in [-0.25, -0.2) is 0 Å². The highest BCUT2D eigenvalue weighted by Gasteiger charge is 2.01. The SMILES string of the molecule is CCOCCN(CC)CCCCCNCC(C)C. The number of nitrogens with zero attached hydrogens (tertiary/aromatic N) is 1. The molecule has 3 heteroatoms. The van der Waals surface area contributed by atoms with Crippen LogP contribution >= 0.6 is 0 Å². The van der Waals surface area contributed by atoms with Crippen molar-refractivity contribution in [3.8, 4) is 0 Å². The second-order valence-electron chi connectivity index (χ2n) is 5.29. The van der Waals surface area contributed by atoms with Gasteiger partial charge in [0.05, 0.1) is 6.61 Å². The fourth-order valence-electron chi connectivity index (χ4n) is 1.92. The molecular weight excluding hydrogens is 224 g/mol. The first-order valence-corrected chi connectivity index (χ1v) is 7.71. The molecule has 1 N–H and O–H groups in total. The molecule has 0 aliphatic heterocycles. The third-order valence-corrected chi connectivity index (χ3v) is 3.08. The predicted octanol–water partition coefficient (Wildman–Crippen LogP) is 2.76. The van der Waals surface area contributed by atoms with Crippen molar-refractivity contribution in [3.63, 3.8) is 0 Å². The molecule has 0 radical (unpaired) electrons. The molecule has 0 bridgehead atoms. The van der Waals surface area contributed by atoms with E-state index in [4.69, 9.17) is 4.74 Å². The number of hydrogen-bond acceptors (Lipinski definition) is 3. The summed E-state index contributed by atoms with van der Waals surface area (Å²) >= 11 is 0. The molecular formula is C15H34N2O. The van der Waals surface area contributed by atoms with Crippen molar-refractivity contribution in [2.45, 2.75) is 47.0 Å². The maximum Gasteiger partial charge on any atom is 0.0593 e. The topological polar surface area (TPSA) is 24.5 Å². The number of rotatable bonds is 13. The van der Waals surface area contributed by atoms with Crippen LogP contribution in [0.15, 0.2) is 0 Å². The maximum absolute atomic E-state index is 5.40. The number of nitrogens with one attached hydrogen (secondary N) is 1. The van der Waals surface area contributed by atoms with Gasteiger partial charge in [-0.15, -0.1) is 0 Å². The normalized spacial score (nSPS) is 11.7. The Morgan fingerprint density at radius 3 is 2.44 bits per heavy atom. The van der Waals surface area contributed by atoms with Gasteiger partial charge in [0.1, 0.15) is 0 Å². The van der Waals surface area contributed by atoms with Gasteiger partial charge in [0.2, 0.25) is 0 Å². The largest absolute Gasteiger partial charge is 0.380 e. The lowest BCUT2D eigenvalue weighted by Crippen LogP contribution is -2.28. The molecule has 0 saturated heterocycles. The van der Waals surface area contributed by atoms with E-state index in [1.54, 1.807) is 0 Å². The van der Waals surface area contributed by atoms with E-state index in [-0.39, 0.29) is 0 Å². The van der Waals surface area contributed by atoms with Crippen molar-refractivity contribution in [1.29, 1.82) is 0 Å². The van der Waals surface area contributed by atoms with E-state index in [9.17, 15) is 0 Å². The van der Waals surface area contributed by atoms with E-state index >= 15 is 0 Å². The van der Waals surface area contributed by atoms with E-state index < -0.39 is 0 Å². The standard InChI is InChI=1S/C15H34N2O/c1-5-17(12-13-18-6-2)11-9-7-8-10-16-14-15(3)4/h15-16H,5-14H2,1-4H3. The van der Waals surface area contributed by atoms with Gasteiger partial charge < -0.3 is 15.0 Å². The second kappa shape index (κ2) is 13.3. The Morgan fingerprint density at radius 2 is 1.83 bits per heavy atom. The molecule has 0 rings (SSSR count). The van der Waals surface area contributed by atoms with E-state index in [1.807, 2.05) is 0 Å². The Kier molecular flexibility index (Phi) is 13.2. The fraction of sp³-hybridized carbons (Fsp3) is 1.00. The minimum atomic E-state index is 0.763. The minimum Gasteiger partial charge on any atom is -0.380 e. The van der Waals surface area contributed by atoms with Gasteiger partial charge in [0.15, 0.2) is 0 Å². The monoisotopic (exact) mass is 258 g/mol. The van der Waals surface area contributed by atoms with Crippen molar-refractivity contribution in [1.82, 2.24) is 10.2 Å². The summed E-state index contributed by atoms with van der Waals surface area (Å²) in [5, 5.41) is 3.50. The highest BCUT2D eigenvalue weighted by Crippen LogP contribution is 1.99. The van der Waals surface area contributed by atoms with Crippen LogP contribution in [0, 0.1) is 5.92 Å². The molecule has 110 valence electrons. The molecule has 0 aliphatic rings. The summed E-state index contributed by atoms with van der Waals surface area (Å²) in [4.78, 5) is 2.48. The van der Waals surface area contributed by atoms with Gasteiger partial charge in [-0.2, -0.15) is 0 Å². The number of hydrogen-bond donors (Lipinski definition) is 1. The van der Waals surface area contributed by atoms with Crippen molar-refractivity contribution in [2.24, 2.45) is 5.92 Å². The summed E-state index contributed by atoms with van der Waals surface area (Å²) in [6.45, 7) is 16.3. The van der Waals surface area contributed by atoms with E-state index in [1.165, 1.54) is 32.4 Å². The first-order chi connectivity index (χ1) is 8.70. The molecule has 0 amide bonds. The molecule has 0 aromatic carbocycles. The Morgan fingerprint density at radius 1 is 1.06 bits per heavy atom. The van der Waals surface area contributed by atoms with Crippen LogP contribution in [-0.4, -0.2) is 50.8 Å². The van der Waals surface area contributed by atoms with Crippen LogP contribution in [0.25, 0.3) is 0 Å². The Bertz CT molecular complexity index is 163. The summed E-state index contributed by atoms with van der Waals surface area (Å²) in [6, 6.07) is 0. The zero-order chi connectivity index (χ0) is 13.6. The number of likely N-dealkylation sites (N-methyl/N-ethyl adjacent to an activating group) is 1. The average molecular weight is 258 g/mol. The van der Waals surface area contributed by atoms with Gasteiger partial charge >= 0.3 is 0 Å². The van der Waals surface area contributed by atoms with Crippen LogP contribution < -0.4 is 5.32 Å². The zero-order valence-electron chi connectivity index (χ0n) is 13.0. The zero-order valence-corrected chi connectivity index (χ0v) is 13.0. The molecule has 0 heterocycles. The molecule has 0 fully saturated rings. The van der Waals surface area contributed by atoms with Crippen LogP contribution in [0.5, 0.6) is 0 Å². The third kappa shape index (κ3) is 12.3. The van der Waals surface area contributed by atoms with E-state index in [2.05, 4.69) is 37.9 Å². The summed E-state index contributed by atoms with van der Waals surface area (Å²) in [7, 11) is 0. The van der Waals surface area contributed by atoms with Gasteiger partial charge in [-0.1, -0.05) is 27.2 Å². The summed E-state index contributed by atoms with van der Waals surface area (Å²) in [5.74, 6) is 0.763. The fourth-order valence-corrected chi connectivity index (χ4v) is 1.92. The first-order valence-electron chi connectivity index (χ1n) is 7.71. The first kappa shape index (κ1) is 17.9. The van der Waals surface area contributed by atoms with E-state index in [0.29, 0.717) is 0 Å². The summed E-state index contributed by atoms with van der Waals surface area (Å²) < 4.78 is 5.40. The Labute approximate surface area is 114 Å². The smallest absolute Gasteiger partial charge is 0.0593 e. The van der Waals surface area contributed by atoms with Crippen molar-refractivity contribution in [2.75, 3.05) is 45.9 Å². The summed E-state index contributed by atoms with van der Waals surface area (Å²) in [5.41, 5.74) is 0. The number of unbranched alkanes of at least 4 members (excludes halogenated alkanes) is 2. The Hall–Kier alpha value is -0.120. The van der Waals surface area contributed by atoms with Crippen molar-refractivity contribution < 1.29 is 4.74 Å². The lowest BCUT2D eigenvalue weighted by Gasteiger charge is -2.20. The molecule has 18 heavy (non-hydrogen) atoms. The molecule has 0 spiro atoms. The summed E-state index contributed by atoms with van der Waals surface area (Å²) in [6.07, 6.45) is 3.94. The van der Waals surface area contributed by atoms with Crippen LogP contribution in [-0.2, 0) is 4.74 Å². The average Bonchev–Trinajstić information content (AvgIpc) is 2.35. The lowest BCUT2D eigenvalue weighted by atomic mass is 10.2. The van der Waals surface area contributed by atoms with Gasteiger partial charge in [0, 0.05) is 13.2 Å². The third-order valence-electron chi connectivity index (χ3n) is 3.08. The Balaban J connectivity index is 3.28. The van der Waals surface area contributed by atoms with Gasteiger partial charge in [-0.3, -0.25) is 0 Å². The molecule has 0 atom stereocenters. The molecule has 0 saturated carbocycles. The molecule has 0 aromatic heterocycles. The van der Waals surface area contributed by atoms with Gasteiger partial charge in [-0.05, 0) is 51.9 Å². The van der Waals surface area contributed by atoms with Crippen LogP contribution in [0.1, 0.15) is 47.0 Å². The maximum atomic E-state index is 5.40. The van der Waals surface area contributed by atoms with Crippen LogP contribution in [0.4, 0.5) is 0 Å². The highest BCUT2D eigenvalue weighted by molar-refractivity contribution is 4.57. The van der Waals surface area contributed by atoms with Crippen molar-refractivity contribution >= 4 is 0 Å². The minimum absolute atomic E-state index is 0.763. The molecule has 0 aliphatic carbocycles. The van der Waals surface area contributed by atoms with Gasteiger partial charge in [0.25, 0.3) is 0 Å². The van der Waals surface area contributed by atoms with E-state index in [0.717, 1.165) is 38.8 Å². The number of ether oxygens (including phenoxy) is 1. The van der Waals surface area contributed by atoms with Crippen LogP contribution in [0.2, 0.25) is 0 Å². The van der Waals surface area contributed by atoms with Crippen molar-refractivity contribution in [3.05, 3.63) is 0 Å². The predicted molar refractivity (Wildman–Crippen MR) is 80.2 cm³/mol. The quantitative estimate of drug-likeness (QED) is 0.514. The van der Waals surface area contributed by atoms with Crippen LogP contribution in [0.3, 0.4) is 0 Å². The molecule has 0 aromatic rings. The molecule has 0 unspecified atom stereocenters. The molecule has 3 nitrogen and oxygen atoms in total. The second-order valence-corrected chi connectivity index (χ2v) is 5.29.